The average molecular weight is 397 g/mol. The molecule has 0 radical (unpaired) electrons. The van der Waals surface area contributed by atoms with Crippen LogP contribution in [0.1, 0.15) is 18.9 Å². The Morgan fingerprint density at radius 3 is 2.54 bits per heavy atom. The monoisotopic (exact) mass is 396 g/mol. The van der Waals surface area contributed by atoms with Crippen LogP contribution in [0.4, 0.5) is 5.82 Å². The second kappa shape index (κ2) is 9.40. The Morgan fingerprint density at radius 1 is 1.23 bits per heavy atom. The lowest BCUT2D eigenvalue weighted by Crippen LogP contribution is -2.30. The number of aromatic nitrogens is 1. The molecule has 0 aliphatic carbocycles. The molecule has 6 nitrogen and oxygen atoms in total. The lowest BCUT2D eigenvalue weighted by atomic mass is 10.1. The third kappa shape index (κ3) is 5.89. The standard InChI is InChI=1S/C18H18Cl2N2O4/c1-11(18(24)22-17-15(20)9-13(19)10-21-17)26-16(23)8-5-12-3-6-14(25-2)7-4-12/h3-4,6-7,9-11H,5,8H2,1-2H3,(H,21,22,24). The molecule has 0 aliphatic rings. The maximum atomic E-state index is 12.1. The van der Waals surface area contributed by atoms with Gasteiger partial charge in [-0.05, 0) is 37.1 Å². The molecule has 1 N–H and O–H groups in total. The predicted octanol–water partition coefficient (Wildman–Crippen LogP) is 3.90. The molecule has 0 spiro atoms. The lowest BCUT2D eigenvalue weighted by Gasteiger charge is -2.14. The second-order valence-corrected chi connectivity index (χ2v) is 6.30. The van der Waals surface area contributed by atoms with Crippen LogP contribution in [0, 0.1) is 0 Å². The van der Waals surface area contributed by atoms with E-state index in [2.05, 4.69) is 10.3 Å². The molecule has 1 heterocycles. The molecule has 1 unspecified atom stereocenters. The molecular formula is C18H18Cl2N2O4. The fourth-order valence-corrected chi connectivity index (χ4v) is 2.50. The van der Waals surface area contributed by atoms with Crippen molar-refractivity contribution in [3.8, 4) is 5.75 Å². The van der Waals surface area contributed by atoms with Crippen molar-refractivity contribution in [3.63, 3.8) is 0 Å². The first-order chi connectivity index (χ1) is 12.4. The van der Waals surface area contributed by atoms with Gasteiger partial charge in [0.1, 0.15) is 5.75 Å². The number of amides is 1. The molecule has 1 aromatic heterocycles. The van der Waals surface area contributed by atoms with Crippen molar-refractivity contribution in [1.29, 1.82) is 0 Å². The molecule has 8 heteroatoms. The molecule has 0 fully saturated rings. The fraction of sp³-hybridized carbons (Fsp3) is 0.278. The normalized spacial score (nSPS) is 11.5. The average Bonchev–Trinajstić information content (AvgIpc) is 2.62. The first-order valence-electron chi connectivity index (χ1n) is 7.83. The maximum absolute atomic E-state index is 12.1. The number of ether oxygens (including phenoxy) is 2. The number of nitrogens with one attached hydrogen (secondary N) is 1. The predicted molar refractivity (Wildman–Crippen MR) is 99.8 cm³/mol. The van der Waals surface area contributed by atoms with E-state index in [4.69, 9.17) is 32.7 Å². The van der Waals surface area contributed by atoms with Gasteiger partial charge in [-0.15, -0.1) is 0 Å². The number of esters is 1. The van der Waals surface area contributed by atoms with E-state index in [0.717, 1.165) is 11.3 Å². The Balaban J connectivity index is 1.82. The van der Waals surface area contributed by atoms with Crippen molar-refractivity contribution in [2.24, 2.45) is 0 Å². The first-order valence-corrected chi connectivity index (χ1v) is 8.59. The van der Waals surface area contributed by atoms with Gasteiger partial charge >= 0.3 is 5.97 Å². The van der Waals surface area contributed by atoms with Crippen LogP contribution < -0.4 is 10.1 Å². The number of carbonyl (C=O) groups excluding carboxylic acids is 2. The van der Waals surface area contributed by atoms with Gasteiger partial charge in [-0.3, -0.25) is 9.59 Å². The van der Waals surface area contributed by atoms with E-state index in [-0.39, 0.29) is 17.3 Å². The largest absolute Gasteiger partial charge is 0.497 e. The van der Waals surface area contributed by atoms with Crippen LogP contribution in [-0.2, 0) is 20.7 Å². The van der Waals surface area contributed by atoms with Crippen LogP contribution in [0.25, 0.3) is 0 Å². The summed E-state index contributed by atoms with van der Waals surface area (Å²) in [5.41, 5.74) is 0.969. The highest BCUT2D eigenvalue weighted by atomic mass is 35.5. The summed E-state index contributed by atoms with van der Waals surface area (Å²) in [4.78, 5) is 28.0. The third-order valence-electron chi connectivity index (χ3n) is 3.50. The Bertz CT molecular complexity index is 781. The molecular weight excluding hydrogens is 379 g/mol. The van der Waals surface area contributed by atoms with E-state index in [1.807, 2.05) is 24.3 Å². The van der Waals surface area contributed by atoms with Gasteiger partial charge in [0.2, 0.25) is 0 Å². The van der Waals surface area contributed by atoms with Gasteiger partial charge in [0.05, 0.1) is 17.2 Å². The van der Waals surface area contributed by atoms with Gasteiger partial charge in [0, 0.05) is 12.6 Å². The van der Waals surface area contributed by atoms with E-state index in [1.165, 1.54) is 19.2 Å². The van der Waals surface area contributed by atoms with E-state index in [1.54, 1.807) is 7.11 Å². The molecule has 2 rings (SSSR count). The molecule has 26 heavy (non-hydrogen) atoms. The molecule has 0 bridgehead atoms. The minimum absolute atomic E-state index is 0.155. The highest BCUT2D eigenvalue weighted by molar-refractivity contribution is 6.36. The number of anilines is 1. The molecule has 0 aliphatic heterocycles. The maximum Gasteiger partial charge on any atom is 0.306 e. The number of hydrogen-bond donors (Lipinski definition) is 1. The van der Waals surface area contributed by atoms with Crippen LogP contribution in [0.3, 0.4) is 0 Å². The second-order valence-electron chi connectivity index (χ2n) is 5.45. The van der Waals surface area contributed by atoms with Gasteiger partial charge in [0.25, 0.3) is 5.91 Å². The van der Waals surface area contributed by atoms with Crippen molar-refractivity contribution in [1.82, 2.24) is 4.98 Å². The molecule has 1 aromatic carbocycles. The summed E-state index contributed by atoms with van der Waals surface area (Å²) in [7, 11) is 1.59. The zero-order chi connectivity index (χ0) is 19.1. The number of pyridine rings is 1. The SMILES string of the molecule is COc1ccc(CCC(=O)OC(C)C(=O)Nc2ncc(Cl)cc2Cl)cc1. The number of carbonyl (C=O) groups is 2. The van der Waals surface area contributed by atoms with Gasteiger partial charge in [0.15, 0.2) is 11.9 Å². The molecule has 138 valence electrons. The van der Waals surface area contributed by atoms with E-state index in [9.17, 15) is 9.59 Å². The number of aryl methyl sites for hydroxylation is 1. The zero-order valence-corrected chi connectivity index (χ0v) is 15.8. The Hall–Kier alpha value is -2.31. The molecule has 2 aromatic rings. The van der Waals surface area contributed by atoms with Crippen molar-refractivity contribution < 1.29 is 19.1 Å². The Kier molecular flexibility index (Phi) is 7.24. The Labute approximate surface area is 161 Å². The zero-order valence-electron chi connectivity index (χ0n) is 14.3. The molecule has 1 atom stereocenters. The number of nitrogens with zero attached hydrogens (tertiary/aromatic N) is 1. The van der Waals surface area contributed by atoms with Gasteiger partial charge in [-0.1, -0.05) is 35.3 Å². The third-order valence-corrected chi connectivity index (χ3v) is 4.00. The number of methoxy groups -OCH3 is 1. The van der Waals surface area contributed by atoms with Crippen LogP contribution in [0.5, 0.6) is 5.75 Å². The van der Waals surface area contributed by atoms with Crippen LogP contribution in [0.15, 0.2) is 36.5 Å². The summed E-state index contributed by atoms with van der Waals surface area (Å²) < 4.78 is 10.2. The quantitative estimate of drug-likeness (QED) is 0.717. The summed E-state index contributed by atoms with van der Waals surface area (Å²) in [6.45, 7) is 1.48. The lowest BCUT2D eigenvalue weighted by molar-refractivity contribution is -0.153. The van der Waals surface area contributed by atoms with Crippen molar-refractivity contribution in [3.05, 3.63) is 52.1 Å². The van der Waals surface area contributed by atoms with Gasteiger partial charge < -0.3 is 14.8 Å². The van der Waals surface area contributed by atoms with Crippen LogP contribution in [-0.4, -0.2) is 30.1 Å². The van der Waals surface area contributed by atoms with Gasteiger partial charge in [-0.25, -0.2) is 4.98 Å². The highest BCUT2D eigenvalue weighted by Gasteiger charge is 2.19. The first kappa shape index (κ1) is 20.0. The Morgan fingerprint density at radius 2 is 1.92 bits per heavy atom. The van der Waals surface area contributed by atoms with Crippen molar-refractivity contribution in [2.45, 2.75) is 25.9 Å². The van der Waals surface area contributed by atoms with Crippen molar-refractivity contribution in [2.75, 3.05) is 12.4 Å². The van der Waals surface area contributed by atoms with Crippen LogP contribution in [0.2, 0.25) is 10.0 Å². The topological polar surface area (TPSA) is 77.5 Å². The highest BCUT2D eigenvalue weighted by Crippen LogP contribution is 2.22. The number of halogens is 2. The summed E-state index contributed by atoms with van der Waals surface area (Å²) in [5, 5.41) is 3.05. The summed E-state index contributed by atoms with van der Waals surface area (Å²) >= 11 is 11.7. The molecule has 0 saturated heterocycles. The minimum atomic E-state index is -0.980. The van der Waals surface area contributed by atoms with E-state index >= 15 is 0 Å². The summed E-state index contributed by atoms with van der Waals surface area (Å²) in [6.07, 6.45) is 1.03. The number of rotatable bonds is 7. The van der Waals surface area contributed by atoms with E-state index in [0.29, 0.717) is 11.4 Å². The molecule has 1 amide bonds. The summed E-state index contributed by atoms with van der Waals surface area (Å²) in [5.74, 6) is -0.101. The smallest absolute Gasteiger partial charge is 0.306 e. The van der Waals surface area contributed by atoms with Crippen molar-refractivity contribution >= 4 is 40.9 Å². The minimum Gasteiger partial charge on any atom is -0.497 e. The van der Waals surface area contributed by atoms with Gasteiger partial charge in [-0.2, -0.15) is 0 Å². The summed E-state index contributed by atoms with van der Waals surface area (Å²) in [6, 6.07) is 8.84. The molecule has 0 saturated carbocycles. The van der Waals surface area contributed by atoms with Crippen LogP contribution >= 0.6 is 23.2 Å². The number of benzene rings is 1. The van der Waals surface area contributed by atoms with E-state index < -0.39 is 18.0 Å². The fourth-order valence-electron chi connectivity index (χ4n) is 2.07. The number of hydrogen-bond acceptors (Lipinski definition) is 5.